The maximum atomic E-state index is 12.9. The third kappa shape index (κ3) is 13.1. The number of carbonyl (C=O) groups is 2. The summed E-state index contributed by atoms with van der Waals surface area (Å²) in [4.78, 5) is 29.9. The lowest BCUT2D eigenvalue weighted by molar-refractivity contribution is -0.124. The van der Waals surface area contributed by atoms with Crippen molar-refractivity contribution in [1.29, 1.82) is 0 Å². The molecule has 1 aromatic heterocycles. The zero-order chi connectivity index (χ0) is 36.4. The zero-order valence-corrected chi connectivity index (χ0v) is 30.3. The van der Waals surface area contributed by atoms with Crippen LogP contribution in [0.15, 0.2) is 85.1 Å². The molecule has 4 N–H and O–H groups in total. The van der Waals surface area contributed by atoms with E-state index < -0.39 is 0 Å². The maximum absolute atomic E-state index is 12.9. The van der Waals surface area contributed by atoms with Gasteiger partial charge in [-0.1, -0.05) is 86.9 Å². The van der Waals surface area contributed by atoms with Crippen LogP contribution in [0.2, 0.25) is 0 Å². The second-order valence-corrected chi connectivity index (χ2v) is 13.5. The number of rotatable bonds is 22. The predicted molar refractivity (Wildman–Crippen MR) is 206 cm³/mol. The molecule has 0 aliphatic rings. The number of aromatic nitrogens is 1. The molecule has 7 heteroatoms. The average Bonchev–Trinajstić information content (AvgIpc) is 3.13. The molecule has 1 atom stereocenters. The number of pyridine rings is 1. The normalized spacial score (nSPS) is 11.9. The minimum atomic E-state index is -0.260. The predicted octanol–water partition coefficient (Wildman–Crippen LogP) is 8.44. The molecule has 0 saturated heterocycles. The number of nitrogens with two attached hydrogens (primary N) is 1. The van der Waals surface area contributed by atoms with Crippen LogP contribution in [0.3, 0.4) is 0 Å². The number of aliphatic hydroxyl groups is 1. The van der Waals surface area contributed by atoms with E-state index in [-0.39, 0.29) is 30.3 Å². The number of anilines is 1. The van der Waals surface area contributed by atoms with Crippen LogP contribution < -0.4 is 10.5 Å². The Morgan fingerprint density at radius 3 is 2.27 bits per heavy atom. The number of nitrogen functional groups attached to an aromatic ring is 1. The molecule has 4 aromatic rings. The third-order valence-electron chi connectivity index (χ3n) is 9.50. The molecule has 51 heavy (non-hydrogen) atoms. The first-order valence-corrected chi connectivity index (χ1v) is 18.4. The molecule has 0 aliphatic carbocycles. The van der Waals surface area contributed by atoms with Crippen LogP contribution in [-0.2, 0) is 41.7 Å². The van der Waals surface area contributed by atoms with E-state index in [1.165, 1.54) is 29.9 Å². The number of hydrogen-bond donors (Lipinski definition) is 3. The lowest BCUT2D eigenvalue weighted by atomic mass is 9.91. The Kier molecular flexibility index (Phi) is 15.9. The summed E-state index contributed by atoms with van der Waals surface area (Å²) >= 11 is 0. The summed E-state index contributed by atoms with van der Waals surface area (Å²) in [5, 5.41) is 19.9. The lowest BCUT2D eigenvalue weighted by Crippen LogP contribution is -2.07. The molecular weight excluding hydrogens is 636 g/mol. The van der Waals surface area contributed by atoms with Crippen molar-refractivity contribution >= 4 is 23.5 Å². The molecule has 0 amide bonds. The van der Waals surface area contributed by atoms with Crippen molar-refractivity contribution in [1.82, 2.24) is 4.98 Å². The SMILES string of the molecule is CCC[C@H](CCCO)CCCC(=O)CC(=O)/C=C/c1cc(OC)c(O)cc1Cc1cnc(N)cc1CCc1cccc(CCc2ccccc2)c1. The Labute approximate surface area is 303 Å². The first kappa shape index (κ1) is 39.0. The highest BCUT2D eigenvalue weighted by atomic mass is 16.5. The van der Waals surface area contributed by atoms with Crippen molar-refractivity contribution in [2.45, 2.75) is 90.4 Å². The molecule has 0 spiro atoms. The maximum Gasteiger partial charge on any atom is 0.163 e. The van der Waals surface area contributed by atoms with E-state index in [0.717, 1.165) is 80.9 Å². The van der Waals surface area contributed by atoms with Gasteiger partial charge in [0.25, 0.3) is 0 Å². The first-order chi connectivity index (χ1) is 24.8. The number of phenols is 1. The smallest absolute Gasteiger partial charge is 0.163 e. The van der Waals surface area contributed by atoms with E-state index in [2.05, 4.69) is 60.4 Å². The molecule has 1 heterocycles. The second-order valence-electron chi connectivity index (χ2n) is 13.5. The Hall–Kier alpha value is -4.75. The summed E-state index contributed by atoms with van der Waals surface area (Å²) in [7, 11) is 1.49. The van der Waals surface area contributed by atoms with Crippen molar-refractivity contribution in [2.75, 3.05) is 19.5 Å². The lowest BCUT2D eigenvalue weighted by Gasteiger charge is -2.15. The van der Waals surface area contributed by atoms with E-state index in [4.69, 9.17) is 15.6 Å². The van der Waals surface area contributed by atoms with Crippen LogP contribution in [0.5, 0.6) is 11.5 Å². The summed E-state index contributed by atoms with van der Waals surface area (Å²) in [6, 6.07) is 24.5. The first-order valence-electron chi connectivity index (χ1n) is 18.4. The average molecular weight is 691 g/mol. The number of ketones is 2. The molecule has 270 valence electrons. The van der Waals surface area contributed by atoms with Crippen LogP contribution in [-0.4, -0.2) is 40.5 Å². The van der Waals surface area contributed by atoms with Gasteiger partial charge in [0.15, 0.2) is 17.3 Å². The summed E-state index contributed by atoms with van der Waals surface area (Å²) in [6.45, 7) is 2.34. The topological polar surface area (TPSA) is 123 Å². The Morgan fingerprint density at radius 1 is 0.843 bits per heavy atom. The van der Waals surface area contributed by atoms with E-state index >= 15 is 0 Å². The molecule has 0 aliphatic heterocycles. The van der Waals surface area contributed by atoms with Gasteiger partial charge >= 0.3 is 0 Å². The highest BCUT2D eigenvalue weighted by Crippen LogP contribution is 2.32. The number of ether oxygens (including phenoxy) is 1. The number of nitrogens with zero attached hydrogens (tertiary/aromatic N) is 1. The minimum absolute atomic E-state index is 0.00351. The zero-order valence-electron chi connectivity index (χ0n) is 30.3. The Balaban J connectivity index is 1.42. The van der Waals surface area contributed by atoms with E-state index in [1.807, 2.05) is 12.1 Å². The summed E-state index contributed by atoms with van der Waals surface area (Å²) in [5.41, 5.74) is 13.6. The number of carbonyl (C=O) groups excluding carboxylic acids is 2. The fraction of sp³-hybridized carbons (Fsp3) is 0.386. The van der Waals surface area contributed by atoms with Crippen LogP contribution >= 0.6 is 0 Å². The van der Waals surface area contributed by atoms with Gasteiger partial charge in [0.1, 0.15) is 11.6 Å². The monoisotopic (exact) mass is 690 g/mol. The number of benzene rings is 3. The highest BCUT2D eigenvalue weighted by Gasteiger charge is 2.15. The standard InChI is InChI=1S/C44H54N2O5/c1-3-10-32(16-9-24-47)13-8-17-40(48)30-41(49)23-22-36-28-43(51-2)42(50)27-38(36)26-39-31-46-44(45)29-37(39)21-20-35-15-7-14-34(25-35)19-18-33-11-5-4-6-12-33/h4-7,11-12,14-15,22-23,25,27-29,31-32,47,50H,3,8-10,13,16-21,24,26,30H2,1-2H3,(H2,45,46)/b23-22+/t32-/m0/s1. The van der Waals surface area contributed by atoms with Gasteiger partial charge in [0, 0.05) is 19.2 Å². The fourth-order valence-corrected chi connectivity index (χ4v) is 6.73. The van der Waals surface area contributed by atoms with Gasteiger partial charge < -0.3 is 20.7 Å². The summed E-state index contributed by atoms with van der Waals surface area (Å²) < 4.78 is 5.38. The van der Waals surface area contributed by atoms with E-state index in [0.29, 0.717) is 35.9 Å². The van der Waals surface area contributed by atoms with Crippen LogP contribution in [0.25, 0.3) is 6.08 Å². The minimum Gasteiger partial charge on any atom is -0.504 e. The van der Waals surface area contributed by atoms with E-state index in [9.17, 15) is 14.7 Å². The van der Waals surface area contributed by atoms with Crippen molar-refractivity contribution in [2.24, 2.45) is 5.92 Å². The molecule has 0 radical (unpaired) electrons. The van der Waals surface area contributed by atoms with Crippen LogP contribution in [0.4, 0.5) is 5.82 Å². The molecule has 0 unspecified atom stereocenters. The van der Waals surface area contributed by atoms with Crippen molar-refractivity contribution in [3.05, 3.63) is 124 Å². The number of phenolic OH excluding ortho intramolecular Hbond substituents is 1. The van der Waals surface area contributed by atoms with Crippen molar-refractivity contribution in [3.63, 3.8) is 0 Å². The number of aryl methyl sites for hydroxylation is 4. The van der Waals surface area contributed by atoms with Crippen molar-refractivity contribution in [3.8, 4) is 11.5 Å². The van der Waals surface area contributed by atoms with Gasteiger partial charge in [-0.15, -0.1) is 0 Å². The number of Topliss-reactive ketones (excluding diaryl/α,β-unsaturated/α-hetero) is 1. The Morgan fingerprint density at radius 2 is 1.55 bits per heavy atom. The Bertz CT molecular complexity index is 1730. The number of aromatic hydroxyl groups is 1. The van der Waals surface area contributed by atoms with Gasteiger partial charge in [-0.25, -0.2) is 4.98 Å². The van der Waals surface area contributed by atoms with Crippen LogP contribution in [0, 0.1) is 5.92 Å². The number of methoxy groups -OCH3 is 1. The third-order valence-corrected chi connectivity index (χ3v) is 9.50. The van der Waals surface area contributed by atoms with Crippen molar-refractivity contribution < 1.29 is 24.5 Å². The summed E-state index contributed by atoms with van der Waals surface area (Å²) in [6.07, 6.45) is 14.8. The second kappa shape index (κ2) is 20.8. The number of hydrogen-bond acceptors (Lipinski definition) is 7. The molecule has 0 bridgehead atoms. The van der Waals surface area contributed by atoms with E-state index in [1.54, 1.807) is 24.4 Å². The molecule has 0 fully saturated rings. The van der Waals surface area contributed by atoms with Gasteiger partial charge in [-0.3, -0.25) is 9.59 Å². The number of aliphatic hydroxyl groups excluding tert-OH is 1. The fourth-order valence-electron chi connectivity index (χ4n) is 6.73. The highest BCUT2D eigenvalue weighted by molar-refractivity contribution is 6.06. The molecule has 4 rings (SSSR count). The molecule has 3 aromatic carbocycles. The van der Waals surface area contributed by atoms with Gasteiger partial charge in [0.2, 0.25) is 0 Å². The van der Waals surface area contributed by atoms with Gasteiger partial charge in [0.05, 0.1) is 13.5 Å². The summed E-state index contributed by atoms with van der Waals surface area (Å²) in [5.74, 6) is 0.932. The van der Waals surface area contributed by atoms with Gasteiger partial charge in [-0.05, 0) is 121 Å². The molecule has 0 saturated carbocycles. The molecule has 7 nitrogen and oxygen atoms in total. The largest absolute Gasteiger partial charge is 0.504 e. The quantitative estimate of drug-likeness (QED) is 0.0559. The van der Waals surface area contributed by atoms with Gasteiger partial charge in [-0.2, -0.15) is 0 Å². The molecular formula is C44H54N2O5. The van der Waals surface area contributed by atoms with Crippen LogP contribution in [0.1, 0.15) is 97.2 Å². The number of allylic oxidation sites excluding steroid dienone is 1.